The van der Waals surface area contributed by atoms with Crippen molar-refractivity contribution in [2.45, 2.75) is 0 Å². The molecule has 0 saturated heterocycles. The third-order valence-corrected chi connectivity index (χ3v) is 1.80. The average molecular weight is 181 g/mol. The SMILES string of the molecule is O=c1[nH]ccc2c(F)cc(F)cc12. The molecule has 0 fully saturated rings. The molecule has 13 heavy (non-hydrogen) atoms. The summed E-state index contributed by atoms with van der Waals surface area (Å²) >= 11 is 0. The summed E-state index contributed by atoms with van der Waals surface area (Å²) in [5.74, 6) is -1.47. The second kappa shape index (κ2) is 2.65. The van der Waals surface area contributed by atoms with Gasteiger partial charge in [-0.15, -0.1) is 0 Å². The van der Waals surface area contributed by atoms with Gasteiger partial charge in [0.1, 0.15) is 11.6 Å². The van der Waals surface area contributed by atoms with Crippen molar-refractivity contribution in [1.29, 1.82) is 0 Å². The number of nitrogens with one attached hydrogen (secondary N) is 1. The number of benzene rings is 1. The third-order valence-electron chi connectivity index (χ3n) is 1.80. The normalized spacial score (nSPS) is 10.6. The molecule has 0 spiro atoms. The van der Waals surface area contributed by atoms with E-state index < -0.39 is 17.2 Å². The van der Waals surface area contributed by atoms with Gasteiger partial charge in [0.05, 0.1) is 5.39 Å². The molecule has 0 aliphatic carbocycles. The van der Waals surface area contributed by atoms with Crippen LogP contribution in [-0.4, -0.2) is 4.98 Å². The maximum absolute atomic E-state index is 13.0. The predicted molar refractivity (Wildman–Crippen MR) is 44.5 cm³/mol. The summed E-state index contributed by atoms with van der Waals surface area (Å²) in [6.07, 6.45) is 1.33. The van der Waals surface area contributed by atoms with Gasteiger partial charge in [-0.3, -0.25) is 4.79 Å². The topological polar surface area (TPSA) is 32.9 Å². The summed E-state index contributed by atoms with van der Waals surface area (Å²) < 4.78 is 25.7. The summed E-state index contributed by atoms with van der Waals surface area (Å²) in [6, 6.07) is 3.16. The Balaban J connectivity index is 3.03. The molecule has 0 saturated carbocycles. The Hall–Kier alpha value is -1.71. The fourth-order valence-corrected chi connectivity index (χ4v) is 1.22. The highest BCUT2D eigenvalue weighted by Crippen LogP contribution is 2.15. The Kier molecular flexibility index (Phi) is 1.62. The van der Waals surface area contributed by atoms with E-state index in [1.54, 1.807) is 0 Å². The van der Waals surface area contributed by atoms with E-state index in [4.69, 9.17) is 0 Å². The fraction of sp³-hybridized carbons (Fsp3) is 0. The number of halogens is 2. The van der Waals surface area contributed by atoms with E-state index in [2.05, 4.69) is 4.98 Å². The number of fused-ring (bicyclic) bond motifs is 1. The molecule has 0 aliphatic heterocycles. The molecule has 0 amide bonds. The summed E-state index contributed by atoms with van der Waals surface area (Å²) in [5, 5.41) is 0.158. The first kappa shape index (κ1) is 7.91. The molecule has 2 nitrogen and oxygen atoms in total. The first-order valence-corrected chi connectivity index (χ1v) is 3.65. The minimum Gasteiger partial charge on any atom is -0.329 e. The predicted octanol–water partition coefficient (Wildman–Crippen LogP) is 1.81. The van der Waals surface area contributed by atoms with E-state index in [9.17, 15) is 13.6 Å². The lowest BCUT2D eigenvalue weighted by atomic mass is 10.1. The van der Waals surface area contributed by atoms with Gasteiger partial charge in [-0.25, -0.2) is 8.78 Å². The molecule has 0 bridgehead atoms. The van der Waals surface area contributed by atoms with Crippen LogP contribution in [0.1, 0.15) is 0 Å². The maximum Gasteiger partial charge on any atom is 0.256 e. The minimum absolute atomic E-state index is 0.0278. The average Bonchev–Trinajstić information content (AvgIpc) is 2.07. The smallest absolute Gasteiger partial charge is 0.256 e. The zero-order valence-electron chi connectivity index (χ0n) is 6.47. The van der Waals surface area contributed by atoms with Crippen molar-refractivity contribution in [1.82, 2.24) is 4.98 Å². The standard InChI is InChI=1S/C9H5F2NO/c10-5-3-7-6(8(11)4-5)1-2-12-9(7)13/h1-4H,(H,12,13). The molecule has 0 atom stereocenters. The largest absolute Gasteiger partial charge is 0.329 e. The van der Waals surface area contributed by atoms with E-state index in [1.807, 2.05) is 0 Å². The quantitative estimate of drug-likeness (QED) is 0.660. The first-order valence-electron chi connectivity index (χ1n) is 3.65. The number of aromatic nitrogens is 1. The van der Waals surface area contributed by atoms with Gasteiger partial charge >= 0.3 is 0 Å². The van der Waals surface area contributed by atoms with Gasteiger partial charge < -0.3 is 4.98 Å². The summed E-state index contributed by atoms with van der Waals surface area (Å²) in [4.78, 5) is 13.4. The van der Waals surface area contributed by atoms with Crippen LogP contribution < -0.4 is 5.56 Å². The Labute approximate surface area is 71.8 Å². The van der Waals surface area contributed by atoms with Crippen molar-refractivity contribution in [2.75, 3.05) is 0 Å². The van der Waals surface area contributed by atoms with E-state index in [0.29, 0.717) is 0 Å². The third kappa shape index (κ3) is 1.20. The molecule has 1 aromatic carbocycles. The van der Waals surface area contributed by atoms with E-state index >= 15 is 0 Å². The number of H-pyrrole nitrogens is 1. The van der Waals surface area contributed by atoms with Crippen LogP contribution in [0.3, 0.4) is 0 Å². The van der Waals surface area contributed by atoms with Crippen molar-refractivity contribution >= 4 is 10.8 Å². The van der Waals surface area contributed by atoms with Crippen molar-refractivity contribution in [2.24, 2.45) is 0 Å². The fourth-order valence-electron chi connectivity index (χ4n) is 1.22. The molecule has 1 heterocycles. The van der Waals surface area contributed by atoms with Gasteiger partial charge in [-0.1, -0.05) is 0 Å². The van der Waals surface area contributed by atoms with Gasteiger partial charge in [-0.2, -0.15) is 0 Å². The second-order valence-electron chi connectivity index (χ2n) is 2.66. The summed E-state index contributed by atoms with van der Waals surface area (Å²) in [5.41, 5.74) is -0.490. The molecule has 2 rings (SSSR count). The van der Waals surface area contributed by atoms with Crippen LogP contribution in [0.25, 0.3) is 10.8 Å². The number of hydrogen-bond donors (Lipinski definition) is 1. The van der Waals surface area contributed by atoms with Gasteiger partial charge in [0, 0.05) is 17.6 Å². The zero-order valence-corrected chi connectivity index (χ0v) is 6.47. The van der Waals surface area contributed by atoms with Crippen molar-refractivity contribution in [3.05, 3.63) is 46.4 Å². The number of hydrogen-bond acceptors (Lipinski definition) is 1. The molecular formula is C9H5F2NO. The highest BCUT2D eigenvalue weighted by molar-refractivity contribution is 5.81. The molecule has 0 unspecified atom stereocenters. The maximum atomic E-state index is 13.0. The van der Waals surface area contributed by atoms with Gasteiger partial charge in [0.15, 0.2) is 0 Å². The van der Waals surface area contributed by atoms with E-state index in [0.717, 1.165) is 12.1 Å². The summed E-state index contributed by atoms with van der Waals surface area (Å²) in [6.45, 7) is 0. The number of pyridine rings is 1. The highest BCUT2D eigenvalue weighted by Gasteiger charge is 2.05. The highest BCUT2D eigenvalue weighted by atomic mass is 19.1. The Bertz CT molecular complexity index is 518. The molecule has 4 heteroatoms. The molecule has 0 radical (unpaired) electrons. The summed E-state index contributed by atoms with van der Waals surface area (Å²) in [7, 11) is 0. The van der Waals surface area contributed by atoms with Gasteiger partial charge in [-0.05, 0) is 12.1 Å². The minimum atomic E-state index is -0.748. The Morgan fingerprint density at radius 2 is 1.92 bits per heavy atom. The van der Waals surface area contributed by atoms with Crippen LogP contribution in [0.15, 0.2) is 29.2 Å². The second-order valence-corrected chi connectivity index (χ2v) is 2.66. The number of rotatable bonds is 0. The number of aromatic amines is 1. The van der Waals surface area contributed by atoms with Crippen molar-refractivity contribution < 1.29 is 8.78 Å². The monoisotopic (exact) mass is 181 g/mol. The van der Waals surface area contributed by atoms with Crippen LogP contribution in [0, 0.1) is 11.6 Å². The van der Waals surface area contributed by atoms with Crippen LogP contribution in [0.4, 0.5) is 8.78 Å². The Morgan fingerprint density at radius 3 is 2.69 bits per heavy atom. The first-order chi connectivity index (χ1) is 6.18. The lowest BCUT2D eigenvalue weighted by Gasteiger charge is -1.97. The molecule has 66 valence electrons. The van der Waals surface area contributed by atoms with Crippen LogP contribution in [-0.2, 0) is 0 Å². The van der Waals surface area contributed by atoms with E-state index in [-0.39, 0.29) is 10.8 Å². The Morgan fingerprint density at radius 1 is 1.15 bits per heavy atom. The van der Waals surface area contributed by atoms with E-state index in [1.165, 1.54) is 12.3 Å². The van der Waals surface area contributed by atoms with Gasteiger partial charge in [0.2, 0.25) is 0 Å². The molecule has 1 aromatic heterocycles. The van der Waals surface area contributed by atoms with Crippen molar-refractivity contribution in [3.8, 4) is 0 Å². The van der Waals surface area contributed by atoms with Crippen molar-refractivity contribution in [3.63, 3.8) is 0 Å². The molecule has 0 aliphatic rings. The lowest BCUT2D eigenvalue weighted by Crippen LogP contribution is -2.05. The van der Waals surface area contributed by atoms with Crippen LogP contribution in [0.5, 0.6) is 0 Å². The molecular weight excluding hydrogens is 176 g/mol. The van der Waals surface area contributed by atoms with Crippen LogP contribution in [0.2, 0.25) is 0 Å². The zero-order chi connectivity index (χ0) is 9.42. The van der Waals surface area contributed by atoms with Gasteiger partial charge in [0.25, 0.3) is 5.56 Å². The van der Waals surface area contributed by atoms with Crippen LogP contribution >= 0.6 is 0 Å². The molecule has 2 aromatic rings. The molecule has 1 N–H and O–H groups in total. The lowest BCUT2D eigenvalue weighted by molar-refractivity contribution is 0.592.